The molecular weight excluding hydrogens is 200 g/mol. The smallest absolute Gasteiger partial charge is 0.147 e. The molecule has 88 valence electrons. The summed E-state index contributed by atoms with van der Waals surface area (Å²) in [6.07, 6.45) is 2.79. The van der Waals surface area contributed by atoms with Crippen molar-refractivity contribution in [1.82, 2.24) is 9.97 Å². The first kappa shape index (κ1) is 11.3. The standard InChI is InChI=1S/C12H20N4/c1-7-6-14-8(2)11(15-7)16-10-5-9(13)12(10,3)4/h6,9-10H,5,13H2,1-4H3,(H,15,16). The molecule has 1 fully saturated rings. The highest BCUT2D eigenvalue weighted by Crippen LogP contribution is 2.40. The number of nitrogens with zero attached hydrogens (tertiary/aromatic N) is 2. The predicted molar refractivity (Wildman–Crippen MR) is 65.3 cm³/mol. The third-order valence-corrected chi connectivity index (χ3v) is 3.73. The monoisotopic (exact) mass is 220 g/mol. The molecule has 3 N–H and O–H groups in total. The maximum absolute atomic E-state index is 5.99. The highest BCUT2D eigenvalue weighted by Gasteiger charge is 2.46. The van der Waals surface area contributed by atoms with Crippen LogP contribution in [-0.2, 0) is 0 Å². The topological polar surface area (TPSA) is 63.8 Å². The Labute approximate surface area is 96.7 Å². The number of aryl methyl sites for hydroxylation is 2. The van der Waals surface area contributed by atoms with Gasteiger partial charge in [-0.1, -0.05) is 13.8 Å². The number of hydrogen-bond donors (Lipinski definition) is 2. The van der Waals surface area contributed by atoms with E-state index in [0.29, 0.717) is 6.04 Å². The number of aromatic nitrogens is 2. The second kappa shape index (κ2) is 3.70. The van der Waals surface area contributed by atoms with Gasteiger partial charge in [0.1, 0.15) is 5.82 Å². The highest BCUT2D eigenvalue weighted by molar-refractivity contribution is 5.42. The van der Waals surface area contributed by atoms with Crippen molar-refractivity contribution >= 4 is 5.82 Å². The van der Waals surface area contributed by atoms with Gasteiger partial charge in [0.05, 0.1) is 11.4 Å². The van der Waals surface area contributed by atoms with Gasteiger partial charge in [-0.25, -0.2) is 4.98 Å². The van der Waals surface area contributed by atoms with E-state index in [2.05, 4.69) is 29.1 Å². The molecule has 0 aliphatic heterocycles. The molecule has 1 aliphatic carbocycles. The Hall–Kier alpha value is -1.16. The molecule has 0 spiro atoms. The molecule has 0 aromatic carbocycles. The Morgan fingerprint density at radius 2 is 2.12 bits per heavy atom. The summed E-state index contributed by atoms with van der Waals surface area (Å²) in [6.45, 7) is 8.31. The van der Waals surface area contributed by atoms with E-state index in [4.69, 9.17) is 5.73 Å². The minimum Gasteiger partial charge on any atom is -0.365 e. The minimum absolute atomic E-state index is 0.137. The summed E-state index contributed by atoms with van der Waals surface area (Å²) in [4.78, 5) is 8.77. The van der Waals surface area contributed by atoms with Crippen LogP contribution in [-0.4, -0.2) is 22.1 Å². The zero-order valence-corrected chi connectivity index (χ0v) is 10.4. The summed E-state index contributed by atoms with van der Waals surface area (Å²) >= 11 is 0. The zero-order valence-electron chi connectivity index (χ0n) is 10.4. The molecule has 2 unspecified atom stereocenters. The van der Waals surface area contributed by atoms with Gasteiger partial charge in [-0.15, -0.1) is 0 Å². The van der Waals surface area contributed by atoms with Crippen molar-refractivity contribution in [2.24, 2.45) is 11.1 Å². The Morgan fingerprint density at radius 1 is 1.44 bits per heavy atom. The Kier molecular flexibility index (Phi) is 2.62. The normalized spacial score (nSPS) is 27.3. The number of rotatable bonds is 2. The maximum Gasteiger partial charge on any atom is 0.147 e. The lowest BCUT2D eigenvalue weighted by Gasteiger charge is -2.50. The van der Waals surface area contributed by atoms with Crippen LogP contribution in [0.2, 0.25) is 0 Å². The fourth-order valence-electron chi connectivity index (χ4n) is 2.04. The van der Waals surface area contributed by atoms with Crippen LogP contribution < -0.4 is 11.1 Å². The first-order chi connectivity index (χ1) is 7.41. The lowest BCUT2D eigenvalue weighted by atomic mass is 9.63. The minimum atomic E-state index is 0.137. The first-order valence-corrected chi connectivity index (χ1v) is 5.73. The fraction of sp³-hybridized carbons (Fsp3) is 0.667. The van der Waals surface area contributed by atoms with Crippen LogP contribution >= 0.6 is 0 Å². The molecule has 1 aliphatic rings. The van der Waals surface area contributed by atoms with E-state index >= 15 is 0 Å². The third-order valence-electron chi connectivity index (χ3n) is 3.73. The average Bonchev–Trinajstić information content (AvgIpc) is 2.23. The molecule has 0 saturated heterocycles. The van der Waals surface area contributed by atoms with Gasteiger partial charge in [-0.3, -0.25) is 4.98 Å². The Morgan fingerprint density at radius 3 is 2.69 bits per heavy atom. The SMILES string of the molecule is Cc1cnc(C)c(NC2CC(N)C2(C)C)n1. The maximum atomic E-state index is 5.99. The van der Waals surface area contributed by atoms with Gasteiger partial charge in [0, 0.05) is 23.7 Å². The molecule has 0 amide bonds. The van der Waals surface area contributed by atoms with E-state index in [-0.39, 0.29) is 11.5 Å². The van der Waals surface area contributed by atoms with Crippen LogP contribution in [0.15, 0.2) is 6.20 Å². The number of nitrogens with two attached hydrogens (primary N) is 1. The molecule has 2 atom stereocenters. The molecule has 4 heteroatoms. The van der Waals surface area contributed by atoms with Crippen LogP contribution in [0.25, 0.3) is 0 Å². The first-order valence-electron chi connectivity index (χ1n) is 5.73. The molecule has 1 saturated carbocycles. The van der Waals surface area contributed by atoms with Crippen LogP contribution in [0.5, 0.6) is 0 Å². The third kappa shape index (κ3) is 1.78. The van der Waals surface area contributed by atoms with E-state index in [0.717, 1.165) is 23.6 Å². The van der Waals surface area contributed by atoms with Crippen molar-refractivity contribution in [2.75, 3.05) is 5.32 Å². The number of hydrogen-bond acceptors (Lipinski definition) is 4. The quantitative estimate of drug-likeness (QED) is 0.795. The van der Waals surface area contributed by atoms with Crippen LogP contribution in [0.4, 0.5) is 5.82 Å². The summed E-state index contributed by atoms with van der Waals surface area (Å²) in [5, 5.41) is 3.45. The van der Waals surface area contributed by atoms with Crippen molar-refractivity contribution in [3.05, 3.63) is 17.6 Å². The van der Waals surface area contributed by atoms with Gasteiger partial charge in [0.15, 0.2) is 0 Å². The van der Waals surface area contributed by atoms with E-state index in [1.54, 1.807) is 6.20 Å². The second-order valence-corrected chi connectivity index (χ2v) is 5.31. The second-order valence-electron chi connectivity index (χ2n) is 5.31. The van der Waals surface area contributed by atoms with Crippen molar-refractivity contribution in [2.45, 2.75) is 46.2 Å². The summed E-state index contributed by atoms with van der Waals surface area (Å²) in [5.74, 6) is 0.893. The van der Waals surface area contributed by atoms with E-state index < -0.39 is 0 Å². The molecule has 1 aromatic heterocycles. The predicted octanol–water partition coefficient (Wildman–Crippen LogP) is 1.63. The van der Waals surface area contributed by atoms with Gasteiger partial charge in [0.2, 0.25) is 0 Å². The van der Waals surface area contributed by atoms with Crippen LogP contribution in [0.1, 0.15) is 31.7 Å². The Bertz CT molecular complexity index is 400. The van der Waals surface area contributed by atoms with Gasteiger partial charge in [-0.05, 0) is 20.3 Å². The molecule has 2 rings (SSSR count). The van der Waals surface area contributed by atoms with E-state index in [1.165, 1.54) is 0 Å². The van der Waals surface area contributed by atoms with E-state index in [1.807, 2.05) is 13.8 Å². The zero-order chi connectivity index (χ0) is 11.9. The van der Waals surface area contributed by atoms with Crippen LogP contribution in [0, 0.1) is 19.3 Å². The average molecular weight is 220 g/mol. The molecule has 0 radical (unpaired) electrons. The summed E-state index contributed by atoms with van der Waals surface area (Å²) in [7, 11) is 0. The molecular formula is C12H20N4. The van der Waals surface area contributed by atoms with Crippen molar-refractivity contribution in [1.29, 1.82) is 0 Å². The summed E-state index contributed by atoms with van der Waals surface area (Å²) in [5.41, 5.74) is 8.01. The molecule has 16 heavy (non-hydrogen) atoms. The van der Waals surface area contributed by atoms with Gasteiger partial charge in [0.25, 0.3) is 0 Å². The van der Waals surface area contributed by atoms with Crippen molar-refractivity contribution in [3.63, 3.8) is 0 Å². The molecule has 1 aromatic rings. The van der Waals surface area contributed by atoms with Crippen molar-refractivity contribution < 1.29 is 0 Å². The molecule has 4 nitrogen and oxygen atoms in total. The lowest BCUT2D eigenvalue weighted by molar-refractivity contribution is 0.117. The largest absolute Gasteiger partial charge is 0.365 e. The van der Waals surface area contributed by atoms with Gasteiger partial charge in [-0.2, -0.15) is 0 Å². The summed E-state index contributed by atoms with van der Waals surface area (Å²) < 4.78 is 0. The number of anilines is 1. The molecule has 1 heterocycles. The lowest BCUT2D eigenvalue weighted by Crippen LogP contribution is -2.61. The van der Waals surface area contributed by atoms with Crippen LogP contribution in [0.3, 0.4) is 0 Å². The van der Waals surface area contributed by atoms with Gasteiger partial charge < -0.3 is 11.1 Å². The highest BCUT2D eigenvalue weighted by atomic mass is 15.1. The number of nitrogens with one attached hydrogen (secondary N) is 1. The Balaban J connectivity index is 2.13. The summed E-state index contributed by atoms with van der Waals surface area (Å²) in [6, 6.07) is 0.681. The molecule has 0 bridgehead atoms. The van der Waals surface area contributed by atoms with Crippen molar-refractivity contribution in [3.8, 4) is 0 Å². The van der Waals surface area contributed by atoms with E-state index in [9.17, 15) is 0 Å². The fourth-order valence-corrected chi connectivity index (χ4v) is 2.04. The van der Waals surface area contributed by atoms with Gasteiger partial charge >= 0.3 is 0 Å².